The third kappa shape index (κ3) is 5.14. The number of rotatable bonds is 8. The molecule has 7 nitrogen and oxygen atoms in total. The van der Waals surface area contributed by atoms with Crippen LogP contribution in [0.1, 0.15) is 19.4 Å². The Hall–Kier alpha value is -3.13. The normalized spacial score (nSPS) is 15.8. The summed E-state index contributed by atoms with van der Waals surface area (Å²) < 4.78 is 16.1. The Morgan fingerprint density at radius 3 is 2.13 bits per heavy atom. The van der Waals surface area contributed by atoms with Gasteiger partial charge in [0.05, 0.1) is 31.9 Å². The molecule has 1 heterocycles. The molecule has 1 aliphatic heterocycles. The van der Waals surface area contributed by atoms with Crippen molar-refractivity contribution in [2.24, 2.45) is 4.99 Å². The van der Waals surface area contributed by atoms with E-state index >= 15 is 0 Å². The number of hydrogen-bond donors (Lipinski definition) is 1. The van der Waals surface area contributed by atoms with E-state index in [0.29, 0.717) is 27.3 Å². The van der Waals surface area contributed by atoms with Crippen LogP contribution in [-0.4, -0.2) is 45.5 Å². The van der Waals surface area contributed by atoms with Crippen LogP contribution in [-0.2, 0) is 4.79 Å². The second-order valence-corrected chi connectivity index (χ2v) is 7.66. The summed E-state index contributed by atoms with van der Waals surface area (Å²) in [5.41, 5.74) is 2.70. The van der Waals surface area contributed by atoms with Crippen LogP contribution >= 0.6 is 11.8 Å². The number of carbonyl (C=O) groups excluding carboxylic acids is 1. The van der Waals surface area contributed by atoms with Crippen LogP contribution in [0.2, 0.25) is 0 Å². The van der Waals surface area contributed by atoms with Crippen molar-refractivity contribution in [1.82, 2.24) is 5.32 Å². The highest BCUT2D eigenvalue weighted by molar-refractivity contribution is 8.18. The fourth-order valence-corrected chi connectivity index (χ4v) is 4.10. The Kier molecular flexibility index (Phi) is 7.46. The predicted octanol–water partition coefficient (Wildman–Crippen LogP) is 4.45. The van der Waals surface area contributed by atoms with Gasteiger partial charge in [0.15, 0.2) is 16.7 Å². The van der Waals surface area contributed by atoms with E-state index in [4.69, 9.17) is 14.2 Å². The quantitative estimate of drug-likeness (QED) is 0.610. The number of aliphatic imine (C=N–C) groups is 1. The van der Waals surface area contributed by atoms with E-state index < -0.39 is 0 Å². The third-order valence-electron chi connectivity index (χ3n) is 4.84. The van der Waals surface area contributed by atoms with Crippen molar-refractivity contribution < 1.29 is 19.0 Å². The standard InChI is InChI=1S/C23H27N3O4S/c1-6-26(7-2)17-10-8-16(9-11-17)24-23-25-22(27)20(31-23)14-15-12-18(28-3)21(30-5)19(13-15)29-4/h8-14H,6-7H2,1-5H3,(H,24,25,27). The average molecular weight is 442 g/mol. The monoisotopic (exact) mass is 441 g/mol. The van der Waals surface area contributed by atoms with Gasteiger partial charge in [-0.3, -0.25) is 4.79 Å². The molecule has 0 aliphatic carbocycles. The molecule has 1 N–H and O–H groups in total. The summed E-state index contributed by atoms with van der Waals surface area (Å²) in [5.74, 6) is 1.36. The molecule has 0 saturated carbocycles. The molecular formula is C23H27N3O4S. The van der Waals surface area contributed by atoms with Gasteiger partial charge < -0.3 is 24.4 Å². The lowest BCUT2D eigenvalue weighted by Crippen LogP contribution is -2.21. The van der Waals surface area contributed by atoms with Crippen LogP contribution in [0.5, 0.6) is 17.2 Å². The molecular weight excluding hydrogens is 414 g/mol. The van der Waals surface area contributed by atoms with Gasteiger partial charge in [-0.25, -0.2) is 4.99 Å². The zero-order valence-corrected chi connectivity index (χ0v) is 19.2. The summed E-state index contributed by atoms with van der Waals surface area (Å²) in [4.78, 5) is 19.8. The lowest BCUT2D eigenvalue weighted by molar-refractivity contribution is -0.115. The molecule has 1 saturated heterocycles. The fourth-order valence-electron chi connectivity index (χ4n) is 3.26. The summed E-state index contributed by atoms with van der Waals surface area (Å²) in [6.45, 7) is 6.16. The van der Waals surface area contributed by atoms with E-state index in [9.17, 15) is 4.79 Å². The maximum absolute atomic E-state index is 12.5. The number of thioether (sulfide) groups is 1. The predicted molar refractivity (Wildman–Crippen MR) is 127 cm³/mol. The van der Waals surface area contributed by atoms with Gasteiger partial charge in [0.2, 0.25) is 5.75 Å². The van der Waals surface area contributed by atoms with Gasteiger partial charge >= 0.3 is 0 Å². The minimum Gasteiger partial charge on any atom is -0.493 e. The minimum absolute atomic E-state index is 0.197. The molecule has 1 aliphatic rings. The van der Waals surface area contributed by atoms with E-state index in [-0.39, 0.29) is 5.91 Å². The Labute approximate surface area is 187 Å². The number of anilines is 1. The fraction of sp³-hybridized carbons (Fsp3) is 0.304. The summed E-state index contributed by atoms with van der Waals surface area (Å²) in [7, 11) is 4.67. The number of hydrogen-bond acceptors (Lipinski definition) is 7. The van der Waals surface area contributed by atoms with Crippen molar-refractivity contribution in [2.75, 3.05) is 39.3 Å². The molecule has 0 unspecified atom stereocenters. The number of nitrogens with one attached hydrogen (secondary N) is 1. The topological polar surface area (TPSA) is 72.4 Å². The van der Waals surface area contributed by atoms with Crippen molar-refractivity contribution in [2.45, 2.75) is 13.8 Å². The zero-order valence-electron chi connectivity index (χ0n) is 18.4. The number of nitrogens with zero attached hydrogens (tertiary/aromatic N) is 2. The SMILES string of the molecule is CCN(CC)c1ccc(N=C2NC(=O)C(=Cc3cc(OC)c(OC)c(OC)c3)S2)cc1. The molecule has 1 amide bonds. The summed E-state index contributed by atoms with van der Waals surface area (Å²) in [6, 6.07) is 11.6. The van der Waals surface area contributed by atoms with Crippen molar-refractivity contribution in [1.29, 1.82) is 0 Å². The van der Waals surface area contributed by atoms with Gasteiger partial charge in [-0.05, 0) is 73.6 Å². The molecule has 1 fully saturated rings. The smallest absolute Gasteiger partial charge is 0.264 e. The van der Waals surface area contributed by atoms with Crippen LogP contribution in [0.4, 0.5) is 11.4 Å². The molecule has 3 rings (SSSR count). The van der Waals surface area contributed by atoms with Crippen LogP contribution in [0.3, 0.4) is 0 Å². The first-order valence-corrected chi connectivity index (χ1v) is 10.8. The number of methoxy groups -OCH3 is 3. The number of amides is 1. The van der Waals surface area contributed by atoms with Crippen molar-refractivity contribution >= 4 is 40.3 Å². The van der Waals surface area contributed by atoms with Gasteiger partial charge in [0.25, 0.3) is 5.91 Å². The van der Waals surface area contributed by atoms with Gasteiger partial charge in [-0.1, -0.05) is 0 Å². The molecule has 0 bridgehead atoms. The van der Waals surface area contributed by atoms with Crippen LogP contribution in [0.15, 0.2) is 46.3 Å². The number of carbonyl (C=O) groups is 1. The molecule has 31 heavy (non-hydrogen) atoms. The molecule has 0 radical (unpaired) electrons. The average Bonchev–Trinajstić information content (AvgIpc) is 3.13. The lowest BCUT2D eigenvalue weighted by Gasteiger charge is -2.20. The molecule has 164 valence electrons. The third-order valence-corrected chi connectivity index (χ3v) is 5.75. The lowest BCUT2D eigenvalue weighted by atomic mass is 10.1. The maximum Gasteiger partial charge on any atom is 0.264 e. The number of amidine groups is 1. The van der Waals surface area contributed by atoms with Gasteiger partial charge in [0, 0.05) is 18.8 Å². The highest BCUT2D eigenvalue weighted by atomic mass is 32.2. The van der Waals surface area contributed by atoms with Crippen molar-refractivity contribution in [3.63, 3.8) is 0 Å². The van der Waals surface area contributed by atoms with E-state index in [1.165, 1.54) is 11.8 Å². The van der Waals surface area contributed by atoms with Crippen molar-refractivity contribution in [3.8, 4) is 17.2 Å². The number of ether oxygens (including phenoxy) is 3. The Morgan fingerprint density at radius 2 is 1.61 bits per heavy atom. The minimum atomic E-state index is -0.197. The highest BCUT2D eigenvalue weighted by Crippen LogP contribution is 2.39. The highest BCUT2D eigenvalue weighted by Gasteiger charge is 2.24. The Bertz CT molecular complexity index is 973. The zero-order chi connectivity index (χ0) is 22.4. The summed E-state index contributed by atoms with van der Waals surface area (Å²) >= 11 is 1.29. The van der Waals surface area contributed by atoms with Gasteiger partial charge in [-0.2, -0.15) is 0 Å². The first kappa shape index (κ1) is 22.6. The first-order chi connectivity index (χ1) is 15.0. The van der Waals surface area contributed by atoms with Crippen LogP contribution < -0.4 is 24.4 Å². The molecule has 0 spiro atoms. The second kappa shape index (κ2) is 10.3. The second-order valence-electron chi connectivity index (χ2n) is 6.63. The van der Waals surface area contributed by atoms with E-state index in [1.807, 2.05) is 24.3 Å². The van der Waals surface area contributed by atoms with Crippen LogP contribution in [0, 0.1) is 0 Å². The summed E-state index contributed by atoms with van der Waals surface area (Å²) in [6.07, 6.45) is 1.77. The van der Waals surface area contributed by atoms with E-state index in [0.717, 1.165) is 30.0 Å². The molecule has 0 atom stereocenters. The first-order valence-electron chi connectivity index (χ1n) is 9.97. The largest absolute Gasteiger partial charge is 0.493 e. The molecule has 2 aromatic rings. The Morgan fingerprint density at radius 1 is 1.00 bits per heavy atom. The number of benzene rings is 2. The van der Waals surface area contributed by atoms with Crippen molar-refractivity contribution in [3.05, 3.63) is 46.9 Å². The summed E-state index contributed by atoms with van der Waals surface area (Å²) in [5, 5.41) is 3.36. The molecule has 0 aromatic heterocycles. The van der Waals surface area contributed by atoms with Gasteiger partial charge in [0.1, 0.15) is 0 Å². The Balaban J connectivity index is 1.82. The molecule has 2 aromatic carbocycles. The van der Waals surface area contributed by atoms with Gasteiger partial charge in [-0.15, -0.1) is 0 Å². The van der Waals surface area contributed by atoms with E-state index in [2.05, 4.69) is 29.1 Å². The van der Waals surface area contributed by atoms with Crippen LogP contribution in [0.25, 0.3) is 6.08 Å². The van der Waals surface area contributed by atoms with E-state index in [1.54, 1.807) is 39.5 Å². The maximum atomic E-state index is 12.5. The molecule has 8 heteroatoms.